The van der Waals surface area contributed by atoms with Crippen molar-refractivity contribution in [2.45, 2.75) is 0 Å². The average molecular weight is 476 g/mol. The topological polar surface area (TPSA) is 145 Å². The second-order valence-electron chi connectivity index (χ2n) is 7.85. The highest BCUT2D eigenvalue weighted by Crippen LogP contribution is 2.41. The van der Waals surface area contributed by atoms with Crippen molar-refractivity contribution in [3.05, 3.63) is 83.9 Å². The third-order valence-electron chi connectivity index (χ3n) is 5.76. The number of nitriles is 2. The number of nitrogens with two attached hydrogens (primary N) is 1. The van der Waals surface area contributed by atoms with Gasteiger partial charge in [0.25, 0.3) is 5.91 Å². The highest BCUT2D eigenvalue weighted by Gasteiger charge is 2.29. The fourth-order valence-electron chi connectivity index (χ4n) is 4.04. The number of nitrogens with one attached hydrogen (secondary N) is 2. The summed E-state index contributed by atoms with van der Waals surface area (Å²) in [4.78, 5) is 28.0. The number of benzene rings is 3. The van der Waals surface area contributed by atoms with Crippen molar-refractivity contribution in [1.29, 1.82) is 10.5 Å². The van der Waals surface area contributed by atoms with E-state index in [9.17, 15) is 20.1 Å². The second-order valence-corrected chi connectivity index (χ2v) is 7.85. The Hall–Kier alpha value is -5.18. The molecule has 0 aliphatic rings. The van der Waals surface area contributed by atoms with Crippen LogP contribution >= 0.6 is 0 Å². The Morgan fingerprint density at radius 2 is 1.67 bits per heavy atom. The summed E-state index contributed by atoms with van der Waals surface area (Å²) in [5, 5.41) is 19.8. The molecule has 1 heterocycles. The van der Waals surface area contributed by atoms with Gasteiger partial charge in [-0.1, -0.05) is 60.7 Å². The van der Waals surface area contributed by atoms with E-state index < -0.39 is 17.6 Å². The monoisotopic (exact) mass is 475 g/mol. The molecule has 0 bridgehead atoms. The molecule has 4 rings (SSSR count). The molecule has 36 heavy (non-hydrogen) atoms. The zero-order valence-electron chi connectivity index (χ0n) is 19.3. The van der Waals surface area contributed by atoms with Crippen LogP contribution in [0.1, 0.15) is 5.56 Å². The Balaban J connectivity index is 1.93. The first kappa shape index (κ1) is 24.0. The van der Waals surface area contributed by atoms with E-state index in [-0.39, 0.29) is 5.57 Å². The minimum absolute atomic E-state index is 0.374. The van der Waals surface area contributed by atoms with E-state index in [0.717, 1.165) is 33.3 Å². The van der Waals surface area contributed by atoms with Gasteiger partial charge in [0.15, 0.2) is 11.7 Å². The first-order chi connectivity index (χ1) is 17.5. The van der Waals surface area contributed by atoms with Crippen molar-refractivity contribution in [1.82, 2.24) is 10.4 Å². The summed E-state index contributed by atoms with van der Waals surface area (Å²) in [5.74, 6) is 1.80. The van der Waals surface area contributed by atoms with Crippen LogP contribution in [0.3, 0.4) is 0 Å². The first-order valence-electron chi connectivity index (χ1n) is 10.9. The summed E-state index contributed by atoms with van der Waals surface area (Å²) in [6, 6.07) is 26.8. The lowest BCUT2D eigenvalue weighted by molar-refractivity contribution is -0.129. The zero-order valence-corrected chi connectivity index (χ0v) is 19.3. The molecule has 0 spiro atoms. The number of hydrogen-bond acceptors (Lipinski definition) is 6. The molecule has 1 atom stereocenters. The van der Waals surface area contributed by atoms with Crippen LogP contribution in [-0.2, 0) is 9.59 Å². The van der Waals surface area contributed by atoms with E-state index in [1.54, 1.807) is 23.6 Å². The maximum Gasteiger partial charge on any atom is 0.259 e. The molecule has 4 aromatic rings. The van der Waals surface area contributed by atoms with Gasteiger partial charge in [-0.3, -0.25) is 15.0 Å². The normalized spacial score (nSPS) is 11.8. The number of amides is 1. The Labute approximate surface area is 207 Å². The molecular formula is C28H21N5O3. The molecule has 0 saturated heterocycles. The Morgan fingerprint density at radius 1 is 1.03 bits per heavy atom. The molecule has 0 saturated carbocycles. The number of allylic oxidation sites excluding steroid dienone is 1. The summed E-state index contributed by atoms with van der Waals surface area (Å²) in [5.41, 5.74) is 6.46. The summed E-state index contributed by atoms with van der Waals surface area (Å²) < 4.78 is 5.60. The molecule has 3 aromatic carbocycles. The molecule has 0 fully saturated rings. The van der Waals surface area contributed by atoms with Gasteiger partial charge in [-0.25, -0.2) is 5.84 Å². The summed E-state index contributed by atoms with van der Waals surface area (Å²) >= 11 is 0. The van der Waals surface area contributed by atoms with Crippen LogP contribution < -0.4 is 16.0 Å². The third-order valence-corrected chi connectivity index (χ3v) is 5.76. The van der Waals surface area contributed by atoms with Crippen LogP contribution in [-0.4, -0.2) is 23.8 Å². The van der Waals surface area contributed by atoms with Crippen LogP contribution in [0.25, 0.3) is 39.4 Å². The van der Waals surface area contributed by atoms with Crippen molar-refractivity contribution in [2.75, 3.05) is 7.11 Å². The molecule has 1 unspecified atom stereocenters. The van der Waals surface area contributed by atoms with Crippen molar-refractivity contribution in [2.24, 2.45) is 11.8 Å². The van der Waals surface area contributed by atoms with E-state index in [1.807, 2.05) is 66.7 Å². The van der Waals surface area contributed by atoms with Crippen LogP contribution in [0.2, 0.25) is 0 Å². The lowest BCUT2D eigenvalue weighted by atomic mass is 9.95. The quantitative estimate of drug-likeness (QED) is 0.0916. The SMILES string of the molecule is COc1cc2c(-c3ccccc3)c(-c3ccccc3)[nH]c2cc1/C=C(\C#N)C(=O)C(C#N)C(=O)NN. The third kappa shape index (κ3) is 4.45. The summed E-state index contributed by atoms with van der Waals surface area (Å²) in [6.07, 6.45) is 1.31. The van der Waals surface area contributed by atoms with Crippen LogP contribution in [0.15, 0.2) is 78.4 Å². The standard InChI is InChI=1S/C28H21N5O3/c1-36-24-14-21-23(13-19(24)12-20(15-29)27(34)22(16-30)28(35)33-31)32-26(18-10-6-3-7-11-18)25(21)17-8-4-2-5-9-17/h2-14,22,32H,31H2,1H3,(H,33,35)/b20-12+. The van der Waals surface area contributed by atoms with Crippen LogP contribution in [0, 0.1) is 28.6 Å². The molecule has 176 valence electrons. The number of carbonyl (C=O) groups excluding carboxylic acids is 2. The van der Waals surface area contributed by atoms with E-state index in [0.29, 0.717) is 11.3 Å². The number of rotatable bonds is 7. The summed E-state index contributed by atoms with van der Waals surface area (Å²) in [7, 11) is 1.49. The number of hydrazine groups is 1. The number of hydrogen-bond donors (Lipinski definition) is 3. The van der Waals surface area contributed by atoms with Gasteiger partial charge in [-0.2, -0.15) is 10.5 Å². The Bertz CT molecular complexity index is 1560. The van der Waals surface area contributed by atoms with E-state index in [1.165, 1.54) is 13.2 Å². The largest absolute Gasteiger partial charge is 0.496 e. The zero-order chi connectivity index (χ0) is 25.7. The summed E-state index contributed by atoms with van der Waals surface area (Å²) in [6.45, 7) is 0. The fraction of sp³-hybridized carbons (Fsp3) is 0.0714. The van der Waals surface area contributed by atoms with Crippen LogP contribution in [0.4, 0.5) is 0 Å². The molecular weight excluding hydrogens is 454 g/mol. The molecule has 1 aromatic heterocycles. The van der Waals surface area contributed by atoms with E-state index in [4.69, 9.17) is 10.6 Å². The molecule has 0 radical (unpaired) electrons. The van der Waals surface area contributed by atoms with Gasteiger partial charge in [0, 0.05) is 22.0 Å². The second kappa shape index (κ2) is 10.4. The molecule has 0 aliphatic heterocycles. The Morgan fingerprint density at radius 3 is 2.22 bits per heavy atom. The number of methoxy groups -OCH3 is 1. The highest BCUT2D eigenvalue weighted by atomic mass is 16.5. The first-order valence-corrected chi connectivity index (χ1v) is 10.9. The highest BCUT2D eigenvalue weighted by molar-refractivity contribution is 6.16. The lowest BCUT2D eigenvalue weighted by Gasteiger charge is -2.09. The average Bonchev–Trinajstić information content (AvgIpc) is 3.30. The minimum Gasteiger partial charge on any atom is -0.496 e. The fourth-order valence-corrected chi connectivity index (χ4v) is 4.04. The number of Topliss-reactive ketones (excluding diaryl/α,β-unsaturated/α-hetero) is 1. The van der Waals surface area contributed by atoms with Crippen molar-refractivity contribution < 1.29 is 14.3 Å². The number of carbonyl (C=O) groups is 2. The predicted molar refractivity (Wildman–Crippen MR) is 136 cm³/mol. The maximum absolute atomic E-state index is 12.7. The molecule has 8 heteroatoms. The smallest absolute Gasteiger partial charge is 0.259 e. The molecule has 8 nitrogen and oxygen atoms in total. The lowest BCUT2D eigenvalue weighted by Crippen LogP contribution is -2.39. The van der Waals surface area contributed by atoms with Gasteiger partial charge in [0.2, 0.25) is 0 Å². The number of H-pyrrole nitrogens is 1. The van der Waals surface area contributed by atoms with Gasteiger partial charge >= 0.3 is 0 Å². The van der Waals surface area contributed by atoms with Crippen molar-refractivity contribution in [3.63, 3.8) is 0 Å². The number of ketones is 1. The molecule has 0 aliphatic carbocycles. The van der Waals surface area contributed by atoms with Crippen molar-refractivity contribution in [3.8, 4) is 40.3 Å². The minimum atomic E-state index is -1.74. The number of aromatic nitrogens is 1. The number of aromatic amines is 1. The molecule has 4 N–H and O–H groups in total. The number of nitrogens with zero attached hydrogens (tertiary/aromatic N) is 2. The number of fused-ring (bicyclic) bond motifs is 1. The number of ether oxygens (including phenoxy) is 1. The van der Waals surface area contributed by atoms with Gasteiger partial charge in [-0.05, 0) is 29.3 Å². The maximum atomic E-state index is 12.7. The van der Waals surface area contributed by atoms with Gasteiger partial charge in [0.1, 0.15) is 11.8 Å². The van der Waals surface area contributed by atoms with Gasteiger partial charge in [0.05, 0.1) is 24.4 Å². The van der Waals surface area contributed by atoms with E-state index >= 15 is 0 Å². The van der Waals surface area contributed by atoms with Gasteiger partial charge < -0.3 is 9.72 Å². The predicted octanol–water partition coefficient (Wildman–Crippen LogP) is 4.12. The Kier molecular flexibility index (Phi) is 6.92. The molecule has 1 amide bonds. The van der Waals surface area contributed by atoms with Gasteiger partial charge in [-0.15, -0.1) is 0 Å². The van der Waals surface area contributed by atoms with Crippen molar-refractivity contribution >= 4 is 28.7 Å². The van der Waals surface area contributed by atoms with Crippen LogP contribution in [0.5, 0.6) is 5.75 Å². The van der Waals surface area contributed by atoms with E-state index in [2.05, 4.69) is 4.98 Å².